The average molecular weight is 450 g/mol. The van der Waals surface area contributed by atoms with E-state index in [2.05, 4.69) is 4.98 Å². The molecule has 8 nitrogen and oxygen atoms in total. The van der Waals surface area contributed by atoms with Crippen LogP contribution >= 0.6 is 0 Å². The number of pyridine rings is 1. The molecule has 1 aromatic heterocycles. The average Bonchev–Trinajstić information content (AvgIpc) is 2.86. The SMILES string of the molecule is C[C@H](CC(=O)c1ccc(C#N)cc1)C(=O)N1CCC(OCC(=O)OCc2cccnc2)CC1. The number of hydrogen-bond donors (Lipinski definition) is 0. The van der Waals surface area contributed by atoms with Gasteiger partial charge in [-0.25, -0.2) is 4.79 Å². The van der Waals surface area contributed by atoms with Crippen LogP contribution in [0.1, 0.15) is 47.7 Å². The number of ether oxygens (including phenoxy) is 2. The van der Waals surface area contributed by atoms with Crippen LogP contribution in [0.3, 0.4) is 0 Å². The number of rotatable bonds is 9. The number of Topliss-reactive ketones (excluding diaryl/α,β-unsaturated/α-hetero) is 1. The van der Waals surface area contributed by atoms with Crippen molar-refractivity contribution in [3.8, 4) is 6.07 Å². The fourth-order valence-electron chi connectivity index (χ4n) is 3.64. The fraction of sp³-hybridized carbons (Fsp3) is 0.400. The van der Waals surface area contributed by atoms with E-state index in [0.29, 0.717) is 37.1 Å². The van der Waals surface area contributed by atoms with E-state index < -0.39 is 11.9 Å². The third kappa shape index (κ3) is 7.22. The quantitative estimate of drug-likeness (QED) is 0.428. The van der Waals surface area contributed by atoms with Gasteiger partial charge in [0.1, 0.15) is 13.2 Å². The molecule has 0 aliphatic carbocycles. The van der Waals surface area contributed by atoms with Gasteiger partial charge in [0.15, 0.2) is 5.78 Å². The van der Waals surface area contributed by atoms with Crippen molar-refractivity contribution < 1.29 is 23.9 Å². The maximum absolute atomic E-state index is 12.8. The lowest BCUT2D eigenvalue weighted by Crippen LogP contribution is -2.43. The maximum Gasteiger partial charge on any atom is 0.332 e. The molecular weight excluding hydrogens is 422 g/mol. The van der Waals surface area contributed by atoms with Gasteiger partial charge >= 0.3 is 5.97 Å². The number of esters is 1. The van der Waals surface area contributed by atoms with Crippen LogP contribution in [0.15, 0.2) is 48.8 Å². The number of amides is 1. The summed E-state index contributed by atoms with van der Waals surface area (Å²) in [6, 6.07) is 12.0. The first-order chi connectivity index (χ1) is 16.0. The van der Waals surface area contributed by atoms with Gasteiger partial charge in [0.05, 0.1) is 17.7 Å². The van der Waals surface area contributed by atoms with E-state index in [-0.39, 0.29) is 37.4 Å². The van der Waals surface area contributed by atoms with Crippen molar-refractivity contribution in [1.29, 1.82) is 5.26 Å². The first-order valence-electron chi connectivity index (χ1n) is 10.9. The summed E-state index contributed by atoms with van der Waals surface area (Å²) in [6.45, 7) is 2.81. The van der Waals surface area contributed by atoms with Gasteiger partial charge in [-0.1, -0.05) is 25.1 Å². The van der Waals surface area contributed by atoms with Gasteiger partial charge in [-0.05, 0) is 31.0 Å². The number of carbonyl (C=O) groups excluding carboxylic acids is 3. The Kier molecular flexibility index (Phi) is 8.67. The molecule has 1 aliphatic heterocycles. The summed E-state index contributed by atoms with van der Waals surface area (Å²) in [5.74, 6) is -1.06. The summed E-state index contributed by atoms with van der Waals surface area (Å²) in [5, 5.41) is 8.86. The van der Waals surface area contributed by atoms with Gasteiger partial charge in [0.2, 0.25) is 5.91 Å². The highest BCUT2D eigenvalue weighted by molar-refractivity contribution is 5.98. The molecule has 0 bridgehead atoms. The van der Waals surface area contributed by atoms with Gasteiger partial charge in [-0.2, -0.15) is 5.26 Å². The van der Waals surface area contributed by atoms with Gasteiger partial charge in [-0.15, -0.1) is 0 Å². The molecule has 2 heterocycles. The van der Waals surface area contributed by atoms with E-state index in [9.17, 15) is 14.4 Å². The Bertz CT molecular complexity index is 993. The minimum atomic E-state index is -0.438. The van der Waals surface area contributed by atoms with Crippen LogP contribution < -0.4 is 0 Å². The molecule has 1 aliphatic rings. The Balaban J connectivity index is 1.36. The van der Waals surface area contributed by atoms with Crippen molar-refractivity contribution in [3.05, 3.63) is 65.5 Å². The molecule has 8 heteroatoms. The number of likely N-dealkylation sites (tertiary alicyclic amines) is 1. The lowest BCUT2D eigenvalue weighted by Gasteiger charge is -2.33. The molecule has 1 atom stereocenters. The topological polar surface area (TPSA) is 110 Å². The molecule has 2 aromatic rings. The monoisotopic (exact) mass is 449 g/mol. The summed E-state index contributed by atoms with van der Waals surface area (Å²) in [4.78, 5) is 42.8. The normalized spacial score (nSPS) is 14.8. The van der Waals surface area contributed by atoms with Crippen LogP contribution in [0.2, 0.25) is 0 Å². The van der Waals surface area contributed by atoms with Crippen LogP contribution in [0.5, 0.6) is 0 Å². The molecule has 0 unspecified atom stereocenters. The number of nitrogens with zero attached hydrogens (tertiary/aromatic N) is 3. The highest BCUT2D eigenvalue weighted by Gasteiger charge is 2.28. The molecule has 3 rings (SSSR count). The van der Waals surface area contributed by atoms with E-state index in [0.717, 1.165) is 5.56 Å². The second kappa shape index (κ2) is 11.9. The summed E-state index contributed by atoms with van der Waals surface area (Å²) in [5.41, 5.74) is 1.79. The Morgan fingerprint density at radius 2 is 1.91 bits per heavy atom. The third-order valence-electron chi connectivity index (χ3n) is 5.56. The minimum absolute atomic E-state index is 0.0636. The predicted octanol–water partition coefficient (Wildman–Crippen LogP) is 2.91. The highest BCUT2D eigenvalue weighted by atomic mass is 16.6. The lowest BCUT2D eigenvalue weighted by atomic mass is 9.97. The molecule has 1 saturated heterocycles. The van der Waals surface area contributed by atoms with Crippen LogP contribution in [-0.4, -0.2) is 53.3 Å². The molecule has 0 N–H and O–H groups in total. The Morgan fingerprint density at radius 1 is 1.18 bits per heavy atom. The number of aromatic nitrogens is 1. The Morgan fingerprint density at radius 3 is 2.55 bits per heavy atom. The van der Waals surface area contributed by atoms with Crippen LogP contribution in [0.25, 0.3) is 0 Å². The van der Waals surface area contributed by atoms with Crippen molar-refractivity contribution in [3.63, 3.8) is 0 Å². The van der Waals surface area contributed by atoms with E-state index >= 15 is 0 Å². The second-order valence-electron chi connectivity index (χ2n) is 8.08. The molecule has 33 heavy (non-hydrogen) atoms. The molecule has 1 fully saturated rings. The number of carbonyl (C=O) groups is 3. The van der Waals surface area contributed by atoms with E-state index in [4.69, 9.17) is 14.7 Å². The van der Waals surface area contributed by atoms with E-state index in [1.165, 1.54) is 0 Å². The number of nitriles is 1. The highest BCUT2D eigenvalue weighted by Crippen LogP contribution is 2.19. The largest absolute Gasteiger partial charge is 0.459 e. The molecule has 0 spiro atoms. The second-order valence-corrected chi connectivity index (χ2v) is 8.08. The van der Waals surface area contributed by atoms with Crippen molar-refractivity contribution in [2.75, 3.05) is 19.7 Å². The smallest absolute Gasteiger partial charge is 0.332 e. The Hall–Kier alpha value is -3.57. The number of piperidine rings is 1. The van der Waals surface area contributed by atoms with Crippen molar-refractivity contribution in [2.45, 2.75) is 38.9 Å². The zero-order valence-electron chi connectivity index (χ0n) is 18.6. The standard InChI is InChI=1S/C25H27N3O5/c1-18(13-23(29)21-6-4-19(14-26)5-7-21)25(31)28-11-8-22(9-12-28)32-17-24(30)33-16-20-3-2-10-27-15-20/h2-7,10,15,18,22H,8-9,11-13,16-17H2,1H3/t18-/m1/s1. The maximum atomic E-state index is 12.8. The molecular formula is C25H27N3O5. The summed E-state index contributed by atoms with van der Waals surface area (Å²) < 4.78 is 10.8. The first-order valence-corrected chi connectivity index (χ1v) is 10.9. The predicted molar refractivity (Wildman–Crippen MR) is 119 cm³/mol. The number of hydrogen-bond acceptors (Lipinski definition) is 7. The van der Waals surface area contributed by atoms with Crippen LogP contribution in [0.4, 0.5) is 0 Å². The van der Waals surface area contributed by atoms with E-state index in [1.807, 2.05) is 12.1 Å². The van der Waals surface area contributed by atoms with E-state index in [1.54, 1.807) is 54.5 Å². The van der Waals surface area contributed by atoms with Gasteiger partial charge in [-0.3, -0.25) is 14.6 Å². The summed E-state index contributed by atoms with van der Waals surface area (Å²) in [6.07, 6.45) is 4.54. The van der Waals surface area contributed by atoms with Crippen molar-refractivity contribution in [1.82, 2.24) is 9.88 Å². The zero-order chi connectivity index (χ0) is 23.6. The molecule has 1 aromatic carbocycles. The fourth-order valence-corrected chi connectivity index (χ4v) is 3.64. The molecule has 172 valence electrons. The number of ketones is 1. The minimum Gasteiger partial charge on any atom is -0.459 e. The number of benzene rings is 1. The van der Waals surface area contributed by atoms with Gasteiger partial charge in [0.25, 0.3) is 0 Å². The summed E-state index contributed by atoms with van der Waals surface area (Å²) >= 11 is 0. The van der Waals surface area contributed by atoms with Crippen molar-refractivity contribution >= 4 is 17.7 Å². The van der Waals surface area contributed by atoms with Gasteiger partial charge < -0.3 is 14.4 Å². The molecule has 0 saturated carbocycles. The summed E-state index contributed by atoms with van der Waals surface area (Å²) in [7, 11) is 0. The van der Waals surface area contributed by atoms with Crippen molar-refractivity contribution in [2.24, 2.45) is 5.92 Å². The first kappa shape index (κ1) is 24.1. The lowest BCUT2D eigenvalue weighted by molar-refractivity contribution is -0.154. The Labute approximate surface area is 193 Å². The third-order valence-corrected chi connectivity index (χ3v) is 5.56. The molecule has 0 radical (unpaired) electrons. The van der Waals surface area contributed by atoms with Crippen LogP contribution in [0, 0.1) is 17.2 Å². The zero-order valence-corrected chi connectivity index (χ0v) is 18.6. The van der Waals surface area contributed by atoms with Crippen LogP contribution in [-0.2, 0) is 25.7 Å². The van der Waals surface area contributed by atoms with Gasteiger partial charge in [0, 0.05) is 48.9 Å². The molecule has 1 amide bonds.